The van der Waals surface area contributed by atoms with Gasteiger partial charge in [-0.2, -0.15) is 0 Å². The minimum absolute atomic E-state index is 0.0491. The average molecular weight is 479 g/mol. The van der Waals surface area contributed by atoms with Crippen molar-refractivity contribution in [3.05, 3.63) is 29.8 Å². The standard InChI is InChI=1S/C24H38N4O6/c1-13(2)10-19(23(32)28-20(24(33)34)11-14(3)4)27-21(30)15(5)26-22(31)18(25)12-16-6-8-17(29)9-7-16/h6-9,13-15,18-20,29H,10-12,25H2,1-5H3,(H,26,31)(H,27,30)(H,28,32)(H,33,34). The Morgan fingerprint density at radius 3 is 1.79 bits per heavy atom. The zero-order valence-electron chi connectivity index (χ0n) is 20.5. The lowest BCUT2D eigenvalue weighted by Gasteiger charge is -2.25. The van der Waals surface area contributed by atoms with Gasteiger partial charge in [-0.05, 0) is 55.7 Å². The number of carboxylic acid groups (broad SMARTS) is 1. The Labute approximate surface area is 200 Å². The molecule has 0 aromatic heterocycles. The van der Waals surface area contributed by atoms with Crippen LogP contribution in [0.2, 0.25) is 0 Å². The van der Waals surface area contributed by atoms with E-state index in [4.69, 9.17) is 5.73 Å². The highest BCUT2D eigenvalue weighted by atomic mass is 16.4. The molecule has 1 aromatic carbocycles. The lowest BCUT2D eigenvalue weighted by Crippen LogP contribution is -2.56. The number of amides is 3. The number of hydrogen-bond donors (Lipinski definition) is 6. The minimum atomic E-state index is -1.14. The molecule has 0 saturated heterocycles. The van der Waals surface area contributed by atoms with Gasteiger partial charge in [0.2, 0.25) is 17.7 Å². The van der Waals surface area contributed by atoms with Crippen LogP contribution in [0.15, 0.2) is 24.3 Å². The third-order valence-electron chi connectivity index (χ3n) is 5.14. The Balaban J connectivity index is 2.75. The lowest BCUT2D eigenvalue weighted by atomic mass is 10.0. The van der Waals surface area contributed by atoms with Gasteiger partial charge >= 0.3 is 5.97 Å². The molecule has 0 aliphatic rings. The van der Waals surface area contributed by atoms with Crippen LogP contribution in [0.5, 0.6) is 5.75 Å². The van der Waals surface area contributed by atoms with Crippen LogP contribution in [-0.2, 0) is 25.6 Å². The van der Waals surface area contributed by atoms with Gasteiger partial charge < -0.3 is 31.9 Å². The van der Waals surface area contributed by atoms with E-state index in [1.54, 1.807) is 12.1 Å². The molecular weight excluding hydrogens is 440 g/mol. The first-order valence-corrected chi connectivity index (χ1v) is 11.5. The van der Waals surface area contributed by atoms with Crippen LogP contribution in [0.4, 0.5) is 0 Å². The second-order valence-corrected chi connectivity index (χ2v) is 9.43. The Morgan fingerprint density at radius 1 is 0.794 bits per heavy atom. The number of phenolic OH excluding ortho intramolecular Hbond substituents is 1. The SMILES string of the molecule is CC(C)CC(NC(=O)C(CC(C)C)NC(=O)C(C)NC(=O)C(N)Cc1ccc(O)cc1)C(=O)O. The molecule has 34 heavy (non-hydrogen) atoms. The second kappa shape index (κ2) is 13.5. The summed E-state index contributed by atoms with van der Waals surface area (Å²) >= 11 is 0. The molecule has 0 fully saturated rings. The Bertz CT molecular complexity index is 840. The van der Waals surface area contributed by atoms with Crippen molar-refractivity contribution in [1.82, 2.24) is 16.0 Å². The quantitative estimate of drug-likeness (QED) is 0.245. The Morgan fingerprint density at radius 2 is 1.29 bits per heavy atom. The first kappa shape index (κ1) is 28.9. The second-order valence-electron chi connectivity index (χ2n) is 9.43. The number of phenols is 1. The van der Waals surface area contributed by atoms with E-state index in [1.165, 1.54) is 19.1 Å². The lowest BCUT2D eigenvalue weighted by molar-refractivity contribution is -0.143. The predicted molar refractivity (Wildman–Crippen MR) is 128 cm³/mol. The van der Waals surface area contributed by atoms with Crippen molar-refractivity contribution in [2.45, 2.75) is 78.0 Å². The van der Waals surface area contributed by atoms with Gasteiger partial charge in [0, 0.05) is 0 Å². The molecular formula is C24H38N4O6. The molecule has 190 valence electrons. The number of carbonyl (C=O) groups is 4. The third-order valence-corrected chi connectivity index (χ3v) is 5.14. The number of nitrogens with two attached hydrogens (primary N) is 1. The van der Waals surface area contributed by atoms with Crippen molar-refractivity contribution in [2.75, 3.05) is 0 Å². The Hall–Kier alpha value is -3.14. The molecule has 0 radical (unpaired) electrons. The smallest absolute Gasteiger partial charge is 0.326 e. The summed E-state index contributed by atoms with van der Waals surface area (Å²) in [5.74, 6) is -2.64. The molecule has 10 nitrogen and oxygen atoms in total. The molecule has 0 spiro atoms. The molecule has 0 saturated carbocycles. The normalized spacial score (nSPS) is 14.7. The van der Waals surface area contributed by atoms with E-state index in [9.17, 15) is 29.4 Å². The first-order valence-electron chi connectivity index (χ1n) is 11.5. The van der Waals surface area contributed by atoms with Crippen LogP contribution in [0, 0.1) is 11.8 Å². The zero-order chi connectivity index (χ0) is 26.0. The molecule has 7 N–H and O–H groups in total. The highest BCUT2D eigenvalue weighted by Gasteiger charge is 2.29. The van der Waals surface area contributed by atoms with Gasteiger partial charge in [0.05, 0.1) is 6.04 Å². The zero-order valence-corrected chi connectivity index (χ0v) is 20.5. The van der Waals surface area contributed by atoms with Crippen molar-refractivity contribution >= 4 is 23.7 Å². The number of carbonyl (C=O) groups excluding carboxylic acids is 3. The van der Waals surface area contributed by atoms with Crippen molar-refractivity contribution in [1.29, 1.82) is 0 Å². The molecule has 0 aliphatic heterocycles. The maximum Gasteiger partial charge on any atom is 0.326 e. The topological polar surface area (TPSA) is 171 Å². The van der Waals surface area contributed by atoms with E-state index >= 15 is 0 Å². The van der Waals surface area contributed by atoms with Crippen molar-refractivity contribution < 1.29 is 29.4 Å². The summed E-state index contributed by atoms with van der Waals surface area (Å²) in [5.41, 5.74) is 6.70. The largest absolute Gasteiger partial charge is 0.508 e. The number of nitrogens with one attached hydrogen (secondary N) is 3. The molecule has 4 atom stereocenters. The molecule has 0 aliphatic carbocycles. The maximum atomic E-state index is 12.8. The van der Waals surface area contributed by atoms with Gasteiger partial charge in [-0.3, -0.25) is 14.4 Å². The number of carboxylic acids is 1. The summed E-state index contributed by atoms with van der Waals surface area (Å²) in [6.45, 7) is 8.94. The molecule has 3 amide bonds. The van der Waals surface area contributed by atoms with Gasteiger partial charge in [-0.25, -0.2) is 4.79 Å². The van der Waals surface area contributed by atoms with Gasteiger partial charge in [0.25, 0.3) is 0 Å². The van der Waals surface area contributed by atoms with Gasteiger partial charge in [0.15, 0.2) is 0 Å². The van der Waals surface area contributed by atoms with Gasteiger partial charge in [-0.15, -0.1) is 0 Å². The highest BCUT2D eigenvalue weighted by molar-refractivity contribution is 5.93. The van der Waals surface area contributed by atoms with Crippen molar-refractivity contribution in [2.24, 2.45) is 17.6 Å². The first-order chi connectivity index (χ1) is 15.8. The van der Waals surface area contributed by atoms with E-state index in [0.29, 0.717) is 6.42 Å². The fourth-order valence-corrected chi connectivity index (χ4v) is 3.33. The van der Waals surface area contributed by atoms with Crippen LogP contribution in [-0.4, -0.2) is 58.1 Å². The summed E-state index contributed by atoms with van der Waals surface area (Å²) in [4.78, 5) is 49.4. The van der Waals surface area contributed by atoms with Crippen molar-refractivity contribution in [3.8, 4) is 5.75 Å². The van der Waals surface area contributed by atoms with E-state index in [2.05, 4.69) is 16.0 Å². The number of rotatable bonds is 13. The maximum absolute atomic E-state index is 12.8. The highest BCUT2D eigenvalue weighted by Crippen LogP contribution is 2.11. The summed E-state index contributed by atoms with van der Waals surface area (Å²) in [6.07, 6.45) is 0.771. The average Bonchev–Trinajstić information content (AvgIpc) is 2.73. The van der Waals surface area contributed by atoms with Crippen LogP contribution in [0.25, 0.3) is 0 Å². The molecule has 0 heterocycles. The summed E-state index contributed by atoms with van der Waals surface area (Å²) in [7, 11) is 0. The fourth-order valence-electron chi connectivity index (χ4n) is 3.33. The summed E-state index contributed by atoms with van der Waals surface area (Å²) < 4.78 is 0. The Kier molecular flexibility index (Phi) is 11.5. The predicted octanol–water partition coefficient (Wildman–Crippen LogP) is 0.913. The third kappa shape index (κ3) is 10.2. The summed E-state index contributed by atoms with van der Waals surface area (Å²) in [5, 5.41) is 26.4. The molecule has 1 aromatic rings. The fraction of sp³-hybridized carbons (Fsp3) is 0.583. The van der Waals surface area contributed by atoms with E-state index in [0.717, 1.165) is 5.56 Å². The van der Waals surface area contributed by atoms with E-state index in [1.807, 2.05) is 27.7 Å². The number of aromatic hydroxyl groups is 1. The molecule has 10 heteroatoms. The van der Waals surface area contributed by atoms with Crippen molar-refractivity contribution in [3.63, 3.8) is 0 Å². The monoisotopic (exact) mass is 478 g/mol. The van der Waals surface area contributed by atoms with Crippen LogP contribution in [0.3, 0.4) is 0 Å². The van der Waals surface area contributed by atoms with E-state index < -0.39 is 47.9 Å². The number of aliphatic carboxylic acids is 1. The van der Waals surface area contributed by atoms with Gasteiger partial charge in [0.1, 0.15) is 23.9 Å². The van der Waals surface area contributed by atoms with E-state index in [-0.39, 0.29) is 30.4 Å². The van der Waals surface area contributed by atoms with Gasteiger partial charge in [-0.1, -0.05) is 39.8 Å². The molecule has 4 unspecified atom stereocenters. The van der Waals surface area contributed by atoms with Crippen LogP contribution in [0.1, 0.15) is 53.0 Å². The number of hydrogen-bond acceptors (Lipinski definition) is 6. The van der Waals surface area contributed by atoms with Crippen LogP contribution < -0.4 is 21.7 Å². The minimum Gasteiger partial charge on any atom is -0.508 e. The summed E-state index contributed by atoms with van der Waals surface area (Å²) in [6, 6.07) is 2.39. The molecule has 0 bridgehead atoms. The molecule has 1 rings (SSSR count). The van der Waals surface area contributed by atoms with Crippen LogP contribution >= 0.6 is 0 Å². The number of benzene rings is 1.